The summed E-state index contributed by atoms with van der Waals surface area (Å²) in [6.07, 6.45) is 1.03. The number of hydrogen-bond acceptors (Lipinski definition) is 14. The van der Waals surface area contributed by atoms with E-state index in [1.807, 2.05) is 55.5 Å². The van der Waals surface area contributed by atoms with E-state index in [4.69, 9.17) is 24.4 Å². The van der Waals surface area contributed by atoms with E-state index in [1.54, 1.807) is 36.4 Å². The molecule has 0 saturated carbocycles. The fraction of sp³-hybridized carbons (Fsp3) is 0.535. The van der Waals surface area contributed by atoms with Gasteiger partial charge in [-0.15, -0.1) is 0 Å². The second-order valence-electron chi connectivity index (χ2n) is 16.1. The van der Waals surface area contributed by atoms with Gasteiger partial charge in [0.05, 0.1) is 39.3 Å². The number of carbonyl (C=O) groups is 6. The number of carboxylic acid groups (broad SMARTS) is 6. The molecule has 24 heteroatoms. The lowest BCUT2D eigenvalue weighted by Crippen LogP contribution is -2.49. The molecule has 2 aliphatic heterocycles. The molecule has 67 heavy (non-hydrogen) atoms. The van der Waals surface area contributed by atoms with Crippen LogP contribution >= 0.6 is 24.4 Å². The Labute approximate surface area is 400 Å². The zero-order chi connectivity index (χ0) is 49.5. The van der Waals surface area contributed by atoms with Crippen molar-refractivity contribution in [3.05, 3.63) is 59.7 Å². The molecule has 0 radical (unpaired) electrons. The van der Waals surface area contributed by atoms with Gasteiger partial charge >= 0.3 is 35.8 Å². The van der Waals surface area contributed by atoms with Crippen molar-refractivity contribution >= 4 is 81.9 Å². The maximum Gasteiger partial charge on any atom is 0.317 e. The lowest BCUT2D eigenvalue weighted by molar-refractivity contribution is -0.140. The van der Waals surface area contributed by atoms with Gasteiger partial charge in [0.25, 0.3) is 0 Å². The van der Waals surface area contributed by atoms with Gasteiger partial charge in [0.15, 0.2) is 10.2 Å². The van der Waals surface area contributed by atoms with Crippen LogP contribution < -0.4 is 21.3 Å². The normalized spacial score (nSPS) is 18.4. The smallest absolute Gasteiger partial charge is 0.317 e. The summed E-state index contributed by atoms with van der Waals surface area (Å²) in [6, 6.07) is 14.7. The number of carboxylic acids is 6. The van der Waals surface area contributed by atoms with E-state index in [9.17, 15) is 59.4 Å². The molecule has 370 valence electrons. The molecule has 0 bridgehead atoms. The van der Waals surface area contributed by atoms with E-state index >= 15 is 0 Å². The lowest BCUT2D eigenvalue weighted by atomic mass is 10.0. The monoisotopic (exact) mass is 976 g/mol. The van der Waals surface area contributed by atoms with Crippen LogP contribution in [0.5, 0.6) is 0 Å². The molecule has 2 aromatic carbocycles. The third-order valence-corrected chi connectivity index (χ3v) is 11.4. The van der Waals surface area contributed by atoms with Gasteiger partial charge in [-0.1, -0.05) is 24.3 Å². The van der Waals surface area contributed by atoms with E-state index in [-0.39, 0.29) is 51.4 Å². The van der Waals surface area contributed by atoms with Crippen LogP contribution in [0.3, 0.4) is 0 Å². The maximum absolute atomic E-state index is 11.6. The number of aliphatic carboxylic acids is 6. The van der Waals surface area contributed by atoms with Crippen molar-refractivity contribution in [3.63, 3.8) is 0 Å². The second-order valence-corrected chi connectivity index (χ2v) is 16.9. The van der Waals surface area contributed by atoms with Crippen LogP contribution in [0.15, 0.2) is 48.5 Å². The maximum atomic E-state index is 11.6. The molecule has 2 aliphatic rings. The summed E-state index contributed by atoms with van der Waals surface area (Å²) in [6.45, 7) is 5.15. The Morgan fingerprint density at radius 2 is 0.806 bits per heavy atom. The number of nitrogens with one attached hydrogen (secondary N) is 4. The van der Waals surface area contributed by atoms with E-state index in [0.717, 1.165) is 22.5 Å². The van der Waals surface area contributed by atoms with Crippen LogP contribution in [-0.4, -0.2) is 236 Å². The van der Waals surface area contributed by atoms with Crippen LogP contribution in [0.1, 0.15) is 18.1 Å². The zero-order valence-corrected chi connectivity index (χ0v) is 39.5. The van der Waals surface area contributed by atoms with Crippen LogP contribution in [0.2, 0.25) is 0 Å². The van der Waals surface area contributed by atoms with Crippen LogP contribution in [0.25, 0.3) is 0 Å². The van der Waals surface area contributed by atoms with Crippen molar-refractivity contribution < 1.29 is 59.4 Å². The minimum absolute atomic E-state index is 0.185. The largest absolute Gasteiger partial charge is 0.480 e. The zero-order valence-electron chi connectivity index (χ0n) is 37.8. The van der Waals surface area contributed by atoms with Crippen molar-refractivity contribution in [1.82, 2.24) is 40.0 Å². The minimum Gasteiger partial charge on any atom is -0.480 e. The Bertz CT molecular complexity index is 1970. The number of hydrogen-bond donors (Lipinski definition) is 10. The molecule has 0 spiro atoms. The third-order valence-electron chi connectivity index (χ3n) is 10.9. The Balaban J connectivity index is 0.000000355. The van der Waals surface area contributed by atoms with Crippen LogP contribution in [-0.2, 0) is 41.6 Å². The first kappa shape index (κ1) is 55.7. The third kappa shape index (κ3) is 22.6. The SMILES string of the molecule is CCNC(=S)Nc1ccc(CC2CN(CC(=O)O)CCN(CC(=O)O)CCN2CC(=O)O)cc1.CNC(=S)Nc1ccc(CC2CN(CC(=O)O)CCN(CC(=O)O)CCN2CC(=O)O)cc1. The average molecular weight is 977 g/mol. The van der Waals surface area contributed by atoms with E-state index < -0.39 is 35.8 Å². The van der Waals surface area contributed by atoms with Gasteiger partial charge in [0.2, 0.25) is 0 Å². The van der Waals surface area contributed by atoms with Gasteiger partial charge in [-0.2, -0.15) is 0 Å². The number of benzene rings is 2. The van der Waals surface area contributed by atoms with Gasteiger partial charge in [-0.05, 0) is 79.6 Å². The predicted octanol–water partition coefficient (Wildman–Crippen LogP) is -0.235. The molecule has 2 fully saturated rings. The molecule has 2 unspecified atom stereocenters. The highest BCUT2D eigenvalue weighted by Crippen LogP contribution is 2.18. The summed E-state index contributed by atoms with van der Waals surface area (Å²) in [5.74, 6) is -5.91. The highest BCUT2D eigenvalue weighted by atomic mass is 32.1. The van der Waals surface area contributed by atoms with Crippen molar-refractivity contribution in [3.8, 4) is 0 Å². The molecule has 0 amide bonds. The first-order valence-corrected chi connectivity index (χ1v) is 22.5. The Hall–Kier alpha value is -5.60. The summed E-state index contributed by atoms with van der Waals surface area (Å²) in [4.78, 5) is 78.9. The number of nitrogens with zero attached hydrogens (tertiary/aromatic N) is 6. The van der Waals surface area contributed by atoms with Crippen LogP contribution in [0, 0.1) is 0 Å². The van der Waals surface area contributed by atoms with Crippen molar-refractivity contribution in [2.24, 2.45) is 0 Å². The molecule has 0 aromatic heterocycles. The summed E-state index contributed by atoms with van der Waals surface area (Å²) in [5, 5.41) is 69.0. The fourth-order valence-electron chi connectivity index (χ4n) is 7.75. The summed E-state index contributed by atoms with van der Waals surface area (Å²) in [7, 11) is 1.72. The molecule has 2 atom stereocenters. The number of anilines is 2. The molecule has 10 N–H and O–H groups in total. The first-order chi connectivity index (χ1) is 31.8. The van der Waals surface area contributed by atoms with Gasteiger partial charge in [0, 0.05) is 102 Å². The summed E-state index contributed by atoms with van der Waals surface area (Å²) >= 11 is 10.3. The minimum atomic E-state index is -0.992. The second kappa shape index (κ2) is 29.2. The van der Waals surface area contributed by atoms with Crippen molar-refractivity contribution in [2.45, 2.75) is 31.8 Å². The molecule has 2 saturated heterocycles. The van der Waals surface area contributed by atoms with E-state index in [1.165, 1.54) is 0 Å². The summed E-state index contributed by atoms with van der Waals surface area (Å²) in [5.41, 5.74) is 3.57. The van der Waals surface area contributed by atoms with Gasteiger partial charge in [-0.3, -0.25) is 58.2 Å². The van der Waals surface area contributed by atoms with Gasteiger partial charge in [0.1, 0.15) is 0 Å². The lowest BCUT2D eigenvalue weighted by Gasteiger charge is -2.33. The van der Waals surface area contributed by atoms with Gasteiger partial charge < -0.3 is 51.9 Å². The topological polar surface area (TPSA) is 291 Å². The Morgan fingerprint density at radius 1 is 0.493 bits per heavy atom. The van der Waals surface area contributed by atoms with Crippen molar-refractivity contribution in [1.29, 1.82) is 0 Å². The molecule has 0 aliphatic carbocycles. The van der Waals surface area contributed by atoms with Crippen LogP contribution in [0.4, 0.5) is 11.4 Å². The van der Waals surface area contributed by atoms with Crippen molar-refractivity contribution in [2.75, 3.05) is 129 Å². The standard InChI is InChI=1S/C22H33N5O6S.C21H31N5O6S/c1-2-23-22(34)24-17-5-3-16(4-6-17)11-18-12-26(14-20(30)31)8-7-25(13-19(28)29)9-10-27(18)15-21(32)33;1-22-21(33)23-16-4-2-15(3-5-16)10-17-11-25(13-19(29)30)7-6-24(12-18(27)28)8-9-26(17)14-20(31)32/h3-6,18H,2,7-15H2,1H3,(H,28,29)(H,30,31)(H,32,33)(H2,23,24,34);2-5,17H,6-14H2,1H3,(H,27,28)(H,29,30)(H,31,32)(H2,22,23,33). The van der Waals surface area contributed by atoms with E-state index in [0.29, 0.717) is 95.1 Å². The van der Waals surface area contributed by atoms with E-state index in [2.05, 4.69) is 21.3 Å². The molecule has 2 heterocycles. The molecule has 2 aromatic rings. The fourth-order valence-corrected chi connectivity index (χ4v) is 8.13. The highest BCUT2D eigenvalue weighted by Gasteiger charge is 2.30. The Morgan fingerprint density at radius 3 is 1.13 bits per heavy atom. The highest BCUT2D eigenvalue weighted by molar-refractivity contribution is 7.80. The quantitative estimate of drug-likeness (QED) is 0.0814. The summed E-state index contributed by atoms with van der Waals surface area (Å²) < 4.78 is 0. The number of thiocarbonyl (C=S) groups is 2. The molecular weight excluding hydrogens is 913 g/mol. The molecular formula is C43H64N10O12S2. The number of rotatable bonds is 19. The first-order valence-electron chi connectivity index (χ1n) is 21.7. The molecule has 4 rings (SSSR count). The predicted molar refractivity (Wildman–Crippen MR) is 258 cm³/mol. The Kier molecular flexibility index (Phi) is 24.3. The van der Waals surface area contributed by atoms with Gasteiger partial charge in [-0.25, -0.2) is 0 Å². The average Bonchev–Trinajstić information content (AvgIpc) is 3.35. The molecule has 22 nitrogen and oxygen atoms in total.